The van der Waals surface area contributed by atoms with Gasteiger partial charge in [-0.05, 0) is 51.3 Å². The Morgan fingerprint density at radius 2 is 2.00 bits per heavy atom. The third-order valence-corrected chi connectivity index (χ3v) is 3.77. The molecule has 1 heterocycles. The molecule has 1 aliphatic heterocycles. The van der Waals surface area contributed by atoms with Gasteiger partial charge in [0, 0.05) is 6.04 Å². The van der Waals surface area contributed by atoms with Crippen LogP contribution in [0.25, 0.3) is 0 Å². The second kappa shape index (κ2) is 6.05. The van der Waals surface area contributed by atoms with Gasteiger partial charge in [0.2, 0.25) is 0 Å². The molecule has 0 spiro atoms. The Labute approximate surface area is 99.5 Å². The minimum absolute atomic E-state index is 0.845. The summed E-state index contributed by atoms with van der Waals surface area (Å²) >= 11 is 0. The average molecular weight is 217 g/mol. The normalized spacial score (nSPS) is 22.2. The highest BCUT2D eigenvalue weighted by molar-refractivity contribution is 5.14. The van der Waals surface area contributed by atoms with Gasteiger partial charge in [0.15, 0.2) is 0 Å². The molecule has 1 saturated heterocycles. The summed E-state index contributed by atoms with van der Waals surface area (Å²) in [5.74, 6) is 0. The van der Waals surface area contributed by atoms with Crippen molar-refractivity contribution in [2.24, 2.45) is 0 Å². The monoisotopic (exact) mass is 217 g/mol. The van der Waals surface area contributed by atoms with E-state index >= 15 is 0 Å². The molecule has 1 aliphatic rings. The quantitative estimate of drug-likeness (QED) is 0.746. The zero-order valence-corrected chi connectivity index (χ0v) is 10.4. The predicted molar refractivity (Wildman–Crippen MR) is 69.6 cm³/mol. The lowest BCUT2D eigenvalue weighted by atomic mass is 9.96. The first kappa shape index (κ1) is 11.7. The van der Waals surface area contributed by atoms with Gasteiger partial charge in [-0.3, -0.25) is 0 Å². The molecule has 1 atom stereocenters. The molecule has 0 aromatic heterocycles. The third kappa shape index (κ3) is 3.34. The molecule has 16 heavy (non-hydrogen) atoms. The van der Waals surface area contributed by atoms with Crippen molar-refractivity contribution in [3.63, 3.8) is 0 Å². The van der Waals surface area contributed by atoms with Crippen LogP contribution in [0.1, 0.15) is 37.7 Å². The van der Waals surface area contributed by atoms with Crippen LogP contribution in [0, 0.1) is 0 Å². The van der Waals surface area contributed by atoms with Gasteiger partial charge >= 0.3 is 0 Å². The lowest BCUT2D eigenvalue weighted by Gasteiger charge is -2.32. The number of aryl methyl sites for hydroxylation is 1. The van der Waals surface area contributed by atoms with E-state index in [0.717, 1.165) is 6.04 Å². The summed E-state index contributed by atoms with van der Waals surface area (Å²) in [4.78, 5) is 2.55. The fraction of sp³-hybridized carbons (Fsp3) is 0.600. The molecule has 1 fully saturated rings. The number of benzene rings is 1. The maximum Gasteiger partial charge on any atom is 0.00923 e. The molecular formula is C15H23N. The SMILES string of the molecule is CN1CCCC[C@H]1CCCc1ccccc1. The van der Waals surface area contributed by atoms with Gasteiger partial charge < -0.3 is 4.90 Å². The molecule has 1 aromatic rings. The van der Waals surface area contributed by atoms with Crippen LogP contribution in [0.2, 0.25) is 0 Å². The van der Waals surface area contributed by atoms with E-state index in [2.05, 4.69) is 42.3 Å². The summed E-state index contributed by atoms with van der Waals surface area (Å²) in [6.45, 7) is 1.30. The molecule has 0 unspecified atom stereocenters. The number of hydrogen-bond donors (Lipinski definition) is 0. The Morgan fingerprint density at radius 1 is 1.19 bits per heavy atom. The summed E-state index contributed by atoms with van der Waals surface area (Å²) in [5.41, 5.74) is 1.49. The van der Waals surface area contributed by atoms with Crippen molar-refractivity contribution in [1.29, 1.82) is 0 Å². The van der Waals surface area contributed by atoms with E-state index in [-0.39, 0.29) is 0 Å². The van der Waals surface area contributed by atoms with Gasteiger partial charge in [0.1, 0.15) is 0 Å². The van der Waals surface area contributed by atoms with E-state index in [9.17, 15) is 0 Å². The standard InChI is InChI=1S/C15H23N/c1-16-13-6-5-11-15(16)12-7-10-14-8-3-2-4-9-14/h2-4,8-9,15H,5-7,10-13H2,1H3/t15-/m0/s1. The van der Waals surface area contributed by atoms with Crippen molar-refractivity contribution in [3.8, 4) is 0 Å². The molecule has 1 aromatic carbocycles. The molecule has 1 heteroatoms. The maximum atomic E-state index is 2.55. The zero-order valence-electron chi connectivity index (χ0n) is 10.4. The fourth-order valence-corrected chi connectivity index (χ4v) is 2.70. The van der Waals surface area contributed by atoms with Crippen LogP contribution in [0.15, 0.2) is 30.3 Å². The van der Waals surface area contributed by atoms with Gasteiger partial charge in [0.25, 0.3) is 0 Å². The Hall–Kier alpha value is -0.820. The summed E-state index contributed by atoms with van der Waals surface area (Å²) in [7, 11) is 2.28. The van der Waals surface area contributed by atoms with Gasteiger partial charge in [-0.25, -0.2) is 0 Å². The van der Waals surface area contributed by atoms with Gasteiger partial charge in [0.05, 0.1) is 0 Å². The van der Waals surface area contributed by atoms with Gasteiger partial charge in [-0.2, -0.15) is 0 Å². The Kier molecular flexibility index (Phi) is 4.41. The topological polar surface area (TPSA) is 3.24 Å². The number of piperidine rings is 1. The molecule has 88 valence electrons. The van der Waals surface area contributed by atoms with E-state index in [1.165, 1.54) is 50.6 Å². The number of rotatable bonds is 4. The van der Waals surface area contributed by atoms with Crippen molar-refractivity contribution < 1.29 is 0 Å². The summed E-state index contributed by atoms with van der Waals surface area (Å²) in [6.07, 6.45) is 8.17. The highest BCUT2D eigenvalue weighted by Crippen LogP contribution is 2.19. The number of nitrogens with zero attached hydrogens (tertiary/aromatic N) is 1. The Bertz CT molecular complexity index is 294. The zero-order chi connectivity index (χ0) is 11.2. The second-order valence-corrected chi connectivity index (χ2v) is 5.01. The fourth-order valence-electron chi connectivity index (χ4n) is 2.70. The minimum atomic E-state index is 0.845. The minimum Gasteiger partial charge on any atom is -0.303 e. The van der Waals surface area contributed by atoms with Crippen LogP contribution in [0.5, 0.6) is 0 Å². The lowest BCUT2D eigenvalue weighted by molar-refractivity contribution is 0.174. The van der Waals surface area contributed by atoms with Crippen molar-refractivity contribution >= 4 is 0 Å². The van der Waals surface area contributed by atoms with Crippen LogP contribution in [0.4, 0.5) is 0 Å². The molecule has 0 bridgehead atoms. The second-order valence-electron chi connectivity index (χ2n) is 5.01. The Balaban J connectivity index is 1.71. The molecule has 1 nitrogen and oxygen atoms in total. The van der Waals surface area contributed by atoms with Crippen LogP contribution in [0.3, 0.4) is 0 Å². The van der Waals surface area contributed by atoms with Crippen molar-refractivity contribution in [2.75, 3.05) is 13.6 Å². The van der Waals surface area contributed by atoms with Crippen LogP contribution >= 0.6 is 0 Å². The van der Waals surface area contributed by atoms with Crippen LogP contribution in [-0.4, -0.2) is 24.5 Å². The van der Waals surface area contributed by atoms with Crippen LogP contribution < -0.4 is 0 Å². The molecule has 2 rings (SSSR count). The first-order valence-electron chi connectivity index (χ1n) is 6.60. The first-order chi connectivity index (χ1) is 7.86. The van der Waals surface area contributed by atoms with Crippen molar-refractivity contribution in [2.45, 2.75) is 44.6 Å². The lowest BCUT2D eigenvalue weighted by Crippen LogP contribution is -2.36. The van der Waals surface area contributed by atoms with Gasteiger partial charge in [-0.1, -0.05) is 36.8 Å². The average Bonchev–Trinajstić information content (AvgIpc) is 2.33. The van der Waals surface area contributed by atoms with Gasteiger partial charge in [-0.15, -0.1) is 0 Å². The summed E-state index contributed by atoms with van der Waals surface area (Å²) < 4.78 is 0. The summed E-state index contributed by atoms with van der Waals surface area (Å²) in [6, 6.07) is 11.7. The maximum absolute atomic E-state index is 2.55. The third-order valence-electron chi connectivity index (χ3n) is 3.77. The summed E-state index contributed by atoms with van der Waals surface area (Å²) in [5, 5.41) is 0. The Morgan fingerprint density at radius 3 is 2.75 bits per heavy atom. The van der Waals surface area contributed by atoms with Crippen molar-refractivity contribution in [3.05, 3.63) is 35.9 Å². The highest BCUT2D eigenvalue weighted by atomic mass is 15.1. The van der Waals surface area contributed by atoms with E-state index < -0.39 is 0 Å². The van der Waals surface area contributed by atoms with E-state index in [1.807, 2.05) is 0 Å². The predicted octanol–water partition coefficient (Wildman–Crippen LogP) is 3.49. The molecule has 0 amide bonds. The van der Waals surface area contributed by atoms with E-state index in [4.69, 9.17) is 0 Å². The van der Waals surface area contributed by atoms with Crippen molar-refractivity contribution in [1.82, 2.24) is 4.90 Å². The first-order valence-corrected chi connectivity index (χ1v) is 6.60. The van der Waals surface area contributed by atoms with E-state index in [0.29, 0.717) is 0 Å². The smallest absolute Gasteiger partial charge is 0.00923 e. The van der Waals surface area contributed by atoms with E-state index in [1.54, 1.807) is 0 Å². The highest BCUT2D eigenvalue weighted by Gasteiger charge is 2.17. The van der Waals surface area contributed by atoms with Crippen LogP contribution in [-0.2, 0) is 6.42 Å². The molecule has 0 saturated carbocycles. The number of likely N-dealkylation sites (tertiary alicyclic amines) is 1. The molecular weight excluding hydrogens is 194 g/mol. The molecule has 0 N–H and O–H groups in total. The number of hydrogen-bond acceptors (Lipinski definition) is 1. The molecule has 0 aliphatic carbocycles. The molecule has 0 radical (unpaired) electrons. The largest absolute Gasteiger partial charge is 0.303 e.